The molecule has 2 fully saturated rings. The Labute approximate surface area is 205 Å². The van der Waals surface area contributed by atoms with Gasteiger partial charge in [-0.25, -0.2) is 4.79 Å². The van der Waals surface area contributed by atoms with Crippen LogP contribution in [0.15, 0.2) is 48.5 Å². The number of amides is 2. The molecule has 7 nitrogen and oxygen atoms in total. The molecule has 1 aliphatic heterocycles. The molecule has 2 N–H and O–H groups in total. The van der Waals surface area contributed by atoms with Crippen molar-refractivity contribution in [3.8, 4) is 11.1 Å². The SMILES string of the molecule is CC1C(C(=O)O)CCCN1C(=O)CC1CC(NC(=O)OCC2c3ccccc3-c3ccccc32)C1. The molecule has 2 unspecified atom stereocenters. The minimum atomic E-state index is -0.828. The molecule has 0 radical (unpaired) electrons. The van der Waals surface area contributed by atoms with Gasteiger partial charge < -0.3 is 20.1 Å². The molecule has 184 valence electrons. The van der Waals surface area contributed by atoms with Crippen LogP contribution in [-0.2, 0) is 14.3 Å². The van der Waals surface area contributed by atoms with E-state index in [0.717, 1.165) is 19.3 Å². The molecule has 7 heteroatoms. The van der Waals surface area contributed by atoms with Crippen molar-refractivity contribution in [2.45, 2.75) is 57.0 Å². The van der Waals surface area contributed by atoms with Crippen molar-refractivity contribution in [1.29, 1.82) is 0 Å². The molecule has 2 aliphatic carbocycles. The van der Waals surface area contributed by atoms with E-state index in [9.17, 15) is 19.5 Å². The van der Waals surface area contributed by atoms with Crippen LogP contribution in [0.4, 0.5) is 4.79 Å². The molecule has 2 aromatic rings. The molecule has 1 saturated heterocycles. The lowest BCUT2D eigenvalue weighted by Gasteiger charge is -2.40. The van der Waals surface area contributed by atoms with E-state index in [0.29, 0.717) is 19.4 Å². The van der Waals surface area contributed by atoms with Crippen molar-refractivity contribution >= 4 is 18.0 Å². The summed E-state index contributed by atoms with van der Waals surface area (Å²) < 4.78 is 5.63. The molecule has 1 heterocycles. The lowest BCUT2D eigenvalue weighted by molar-refractivity contribution is -0.149. The largest absolute Gasteiger partial charge is 0.481 e. The van der Waals surface area contributed by atoms with Crippen molar-refractivity contribution in [2.24, 2.45) is 11.8 Å². The van der Waals surface area contributed by atoms with Crippen LogP contribution in [0.1, 0.15) is 56.1 Å². The van der Waals surface area contributed by atoms with Crippen LogP contribution in [0.2, 0.25) is 0 Å². The first kappa shape index (κ1) is 23.4. The molecule has 0 bridgehead atoms. The number of carboxylic acids is 1. The van der Waals surface area contributed by atoms with Gasteiger partial charge in [-0.3, -0.25) is 9.59 Å². The molecule has 35 heavy (non-hydrogen) atoms. The molecule has 5 rings (SSSR count). The van der Waals surface area contributed by atoms with Crippen LogP contribution < -0.4 is 5.32 Å². The zero-order valence-corrected chi connectivity index (χ0v) is 20.0. The summed E-state index contributed by atoms with van der Waals surface area (Å²) in [6, 6.07) is 16.2. The van der Waals surface area contributed by atoms with Gasteiger partial charge in [0.2, 0.25) is 5.91 Å². The van der Waals surface area contributed by atoms with E-state index >= 15 is 0 Å². The second-order valence-electron chi connectivity index (χ2n) is 10.1. The fourth-order valence-corrected chi connectivity index (χ4v) is 6.02. The third-order valence-electron chi connectivity index (χ3n) is 7.99. The topological polar surface area (TPSA) is 95.9 Å². The van der Waals surface area contributed by atoms with Gasteiger partial charge in [0, 0.05) is 31.0 Å². The van der Waals surface area contributed by atoms with Gasteiger partial charge in [-0.1, -0.05) is 48.5 Å². The normalized spacial score (nSPS) is 25.2. The molecule has 2 atom stereocenters. The van der Waals surface area contributed by atoms with Crippen molar-refractivity contribution in [3.05, 3.63) is 59.7 Å². The van der Waals surface area contributed by atoms with Crippen LogP contribution in [0.25, 0.3) is 11.1 Å². The molecule has 3 aliphatic rings. The van der Waals surface area contributed by atoms with Gasteiger partial charge in [0.05, 0.1) is 5.92 Å². The number of alkyl carbamates (subject to hydrolysis) is 1. The summed E-state index contributed by atoms with van der Waals surface area (Å²) in [5.41, 5.74) is 4.75. The summed E-state index contributed by atoms with van der Waals surface area (Å²) in [6.07, 6.45) is 2.80. The zero-order valence-electron chi connectivity index (χ0n) is 20.0. The maximum atomic E-state index is 12.8. The standard InChI is InChI=1S/C28H32N2O5/c1-17-20(27(32)33)11-6-12-30(17)26(31)15-18-13-19(14-18)29-28(34)35-16-25-23-9-4-2-7-21(23)22-8-3-5-10-24(22)25/h2-5,7-10,17-20,25H,6,11-16H2,1H3,(H,29,34)(H,32,33). The summed E-state index contributed by atoms with van der Waals surface area (Å²) in [7, 11) is 0. The fraction of sp³-hybridized carbons (Fsp3) is 0.464. The van der Waals surface area contributed by atoms with Gasteiger partial charge in [0.15, 0.2) is 0 Å². The number of hydrogen-bond acceptors (Lipinski definition) is 4. The number of hydrogen-bond donors (Lipinski definition) is 2. The number of aliphatic carboxylic acids is 1. The number of nitrogens with zero attached hydrogens (tertiary/aromatic N) is 1. The maximum Gasteiger partial charge on any atom is 0.407 e. The van der Waals surface area contributed by atoms with E-state index in [-0.39, 0.29) is 36.4 Å². The number of carbonyl (C=O) groups excluding carboxylic acids is 2. The predicted molar refractivity (Wildman–Crippen MR) is 131 cm³/mol. The molecular formula is C28H32N2O5. The highest BCUT2D eigenvalue weighted by atomic mass is 16.5. The van der Waals surface area contributed by atoms with Gasteiger partial charge >= 0.3 is 12.1 Å². The molecule has 1 saturated carbocycles. The number of fused-ring (bicyclic) bond motifs is 3. The Morgan fingerprint density at radius 1 is 1.03 bits per heavy atom. The van der Waals surface area contributed by atoms with Crippen molar-refractivity contribution < 1.29 is 24.2 Å². The second-order valence-corrected chi connectivity index (χ2v) is 10.1. The smallest absolute Gasteiger partial charge is 0.407 e. The van der Waals surface area contributed by atoms with Crippen LogP contribution in [-0.4, -0.2) is 53.2 Å². The molecule has 2 aromatic carbocycles. The van der Waals surface area contributed by atoms with Crippen LogP contribution in [0.5, 0.6) is 0 Å². The summed E-state index contributed by atoms with van der Waals surface area (Å²) in [4.78, 5) is 38.4. The van der Waals surface area contributed by atoms with Crippen LogP contribution >= 0.6 is 0 Å². The lowest BCUT2D eigenvalue weighted by atomic mass is 9.77. The van der Waals surface area contributed by atoms with E-state index in [1.165, 1.54) is 22.3 Å². The highest BCUT2D eigenvalue weighted by molar-refractivity contribution is 5.80. The number of piperidine rings is 1. The third-order valence-corrected chi connectivity index (χ3v) is 7.99. The van der Waals surface area contributed by atoms with E-state index < -0.39 is 18.0 Å². The van der Waals surface area contributed by atoms with E-state index in [1.54, 1.807) is 4.90 Å². The Hall–Kier alpha value is -3.35. The zero-order chi connectivity index (χ0) is 24.5. The number of nitrogens with one attached hydrogen (secondary N) is 1. The number of benzene rings is 2. The number of carboxylic acid groups (broad SMARTS) is 1. The average molecular weight is 477 g/mol. The van der Waals surface area contributed by atoms with E-state index in [4.69, 9.17) is 4.74 Å². The minimum Gasteiger partial charge on any atom is -0.481 e. The molecule has 0 spiro atoms. The number of rotatable bonds is 6. The summed E-state index contributed by atoms with van der Waals surface area (Å²) >= 11 is 0. The number of likely N-dealkylation sites (tertiary alicyclic amines) is 1. The Morgan fingerprint density at radius 2 is 1.66 bits per heavy atom. The lowest BCUT2D eigenvalue weighted by Crippen LogP contribution is -2.51. The Morgan fingerprint density at radius 3 is 2.29 bits per heavy atom. The van der Waals surface area contributed by atoms with Gasteiger partial charge in [0.1, 0.15) is 6.61 Å². The van der Waals surface area contributed by atoms with Crippen molar-refractivity contribution in [3.63, 3.8) is 0 Å². The van der Waals surface area contributed by atoms with Gasteiger partial charge in [-0.05, 0) is 60.8 Å². The number of carbonyl (C=O) groups is 3. The molecule has 0 aromatic heterocycles. The number of ether oxygens (including phenoxy) is 1. The highest BCUT2D eigenvalue weighted by Crippen LogP contribution is 2.44. The highest BCUT2D eigenvalue weighted by Gasteiger charge is 2.38. The Kier molecular flexibility index (Phi) is 6.50. The van der Waals surface area contributed by atoms with Crippen LogP contribution in [0.3, 0.4) is 0 Å². The monoisotopic (exact) mass is 476 g/mol. The third kappa shape index (κ3) is 4.64. The first-order valence-corrected chi connectivity index (χ1v) is 12.6. The van der Waals surface area contributed by atoms with Gasteiger partial charge in [-0.15, -0.1) is 0 Å². The minimum absolute atomic E-state index is 0.00833. The first-order valence-electron chi connectivity index (χ1n) is 12.6. The second kappa shape index (κ2) is 9.72. The maximum absolute atomic E-state index is 12.8. The van der Waals surface area contributed by atoms with E-state index in [2.05, 4.69) is 29.6 Å². The summed E-state index contributed by atoms with van der Waals surface area (Å²) in [5.74, 6) is -1.06. The Balaban J connectivity index is 1.08. The van der Waals surface area contributed by atoms with Crippen molar-refractivity contribution in [1.82, 2.24) is 10.2 Å². The van der Waals surface area contributed by atoms with E-state index in [1.807, 2.05) is 31.2 Å². The summed E-state index contributed by atoms with van der Waals surface area (Å²) in [6.45, 7) is 2.74. The molecule has 2 amide bonds. The summed E-state index contributed by atoms with van der Waals surface area (Å²) in [5, 5.41) is 12.3. The first-order chi connectivity index (χ1) is 16.9. The van der Waals surface area contributed by atoms with Gasteiger partial charge in [0.25, 0.3) is 0 Å². The fourth-order valence-electron chi connectivity index (χ4n) is 6.02. The van der Waals surface area contributed by atoms with Crippen molar-refractivity contribution in [2.75, 3.05) is 13.2 Å². The van der Waals surface area contributed by atoms with Crippen LogP contribution in [0, 0.1) is 11.8 Å². The quantitative estimate of drug-likeness (QED) is 0.644. The van der Waals surface area contributed by atoms with Gasteiger partial charge in [-0.2, -0.15) is 0 Å². The Bertz CT molecular complexity index is 1080. The average Bonchev–Trinajstić information content (AvgIpc) is 3.15. The predicted octanol–water partition coefficient (Wildman–Crippen LogP) is 4.41. The molecular weight excluding hydrogens is 444 g/mol.